The Balaban J connectivity index is 1.70. The first-order chi connectivity index (χ1) is 12.0. The maximum atomic E-state index is 13.0. The summed E-state index contributed by atoms with van der Waals surface area (Å²) in [5.74, 6) is 0.242. The molecular weight excluding hydrogens is 316 g/mol. The predicted octanol–water partition coefficient (Wildman–Crippen LogP) is 2.11. The first kappa shape index (κ1) is 17.9. The third kappa shape index (κ3) is 4.03. The van der Waals surface area contributed by atoms with Crippen molar-refractivity contribution in [1.29, 1.82) is 0 Å². The number of piperidine rings is 1. The van der Waals surface area contributed by atoms with Crippen molar-refractivity contribution in [2.75, 3.05) is 13.1 Å². The van der Waals surface area contributed by atoms with E-state index in [1.165, 1.54) is 5.56 Å². The summed E-state index contributed by atoms with van der Waals surface area (Å²) in [6.45, 7) is 5.64. The van der Waals surface area contributed by atoms with E-state index in [4.69, 9.17) is 0 Å². The van der Waals surface area contributed by atoms with E-state index in [0.717, 1.165) is 24.9 Å². The lowest BCUT2D eigenvalue weighted by Gasteiger charge is -2.37. The van der Waals surface area contributed by atoms with Gasteiger partial charge in [-0.1, -0.05) is 29.8 Å². The monoisotopic (exact) mass is 344 g/mol. The number of hydrogen-bond donors (Lipinski definition) is 1. The lowest BCUT2D eigenvalue weighted by Crippen LogP contribution is -2.50. The van der Waals surface area contributed by atoms with E-state index in [1.54, 1.807) is 11.8 Å². The molecule has 0 aromatic heterocycles. The molecule has 3 atom stereocenters. The van der Waals surface area contributed by atoms with E-state index in [9.17, 15) is 14.7 Å². The van der Waals surface area contributed by atoms with Crippen molar-refractivity contribution in [2.24, 2.45) is 5.92 Å². The molecule has 2 amide bonds. The Hall–Kier alpha value is -1.88. The summed E-state index contributed by atoms with van der Waals surface area (Å²) in [4.78, 5) is 28.9. The third-order valence-corrected chi connectivity index (χ3v) is 5.54. The fraction of sp³-hybridized carbons (Fsp3) is 0.600. The highest BCUT2D eigenvalue weighted by molar-refractivity contribution is 5.91. The second-order valence-corrected chi connectivity index (χ2v) is 7.49. The molecule has 5 nitrogen and oxygen atoms in total. The zero-order valence-corrected chi connectivity index (χ0v) is 15.1. The summed E-state index contributed by atoms with van der Waals surface area (Å²) in [6, 6.07) is 7.75. The molecule has 0 saturated carbocycles. The molecule has 2 fully saturated rings. The molecule has 3 rings (SSSR count). The van der Waals surface area contributed by atoms with E-state index in [0.29, 0.717) is 25.9 Å². The lowest BCUT2D eigenvalue weighted by molar-refractivity contribution is -0.143. The predicted molar refractivity (Wildman–Crippen MR) is 95.7 cm³/mol. The van der Waals surface area contributed by atoms with Crippen molar-refractivity contribution in [1.82, 2.24) is 9.80 Å². The van der Waals surface area contributed by atoms with E-state index in [-0.39, 0.29) is 23.8 Å². The molecule has 0 aliphatic carbocycles. The lowest BCUT2D eigenvalue weighted by atomic mass is 9.93. The quantitative estimate of drug-likeness (QED) is 0.910. The van der Waals surface area contributed by atoms with Crippen LogP contribution in [0.1, 0.15) is 43.7 Å². The molecule has 2 heterocycles. The standard InChI is InChI=1S/C20H28N2O3/c1-14-5-7-16(8-6-14)12-22-18(9-10-19(22)24)20(25)21-11-3-4-17(13-21)15(2)23/h5-8,15,17-18,23H,3-4,9-13H2,1-2H3. The Morgan fingerprint density at radius 1 is 1.28 bits per heavy atom. The number of benzene rings is 1. The topological polar surface area (TPSA) is 60.9 Å². The summed E-state index contributed by atoms with van der Waals surface area (Å²) in [5, 5.41) is 9.85. The normalized spacial score (nSPS) is 25.3. The van der Waals surface area contributed by atoms with Gasteiger partial charge in [-0.15, -0.1) is 0 Å². The zero-order valence-electron chi connectivity index (χ0n) is 15.1. The fourth-order valence-electron chi connectivity index (χ4n) is 3.89. The van der Waals surface area contributed by atoms with Crippen molar-refractivity contribution in [3.63, 3.8) is 0 Å². The molecule has 0 bridgehead atoms. The van der Waals surface area contributed by atoms with Crippen LogP contribution < -0.4 is 0 Å². The summed E-state index contributed by atoms with van der Waals surface area (Å²) >= 11 is 0. The van der Waals surface area contributed by atoms with Gasteiger partial charge in [-0.3, -0.25) is 9.59 Å². The van der Waals surface area contributed by atoms with Gasteiger partial charge in [0.25, 0.3) is 0 Å². The summed E-state index contributed by atoms with van der Waals surface area (Å²) in [6.07, 6.45) is 2.51. The van der Waals surface area contributed by atoms with E-state index < -0.39 is 6.10 Å². The third-order valence-electron chi connectivity index (χ3n) is 5.54. The van der Waals surface area contributed by atoms with Crippen molar-refractivity contribution >= 4 is 11.8 Å². The average molecular weight is 344 g/mol. The largest absolute Gasteiger partial charge is 0.393 e. The number of likely N-dealkylation sites (tertiary alicyclic amines) is 2. The first-order valence-corrected chi connectivity index (χ1v) is 9.27. The van der Waals surface area contributed by atoms with Crippen LogP contribution in [0, 0.1) is 12.8 Å². The van der Waals surface area contributed by atoms with Crippen LogP contribution in [0.4, 0.5) is 0 Å². The minimum atomic E-state index is -0.399. The summed E-state index contributed by atoms with van der Waals surface area (Å²) < 4.78 is 0. The number of aliphatic hydroxyl groups is 1. The number of carbonyl (C=O) groups is 2. The van der Waals surface area contributed by atoms with Crippen LogP contribution in [-0.2, 0) is 16.1 Å². The second kappa shape index (κ2) is 7.56. The Bertz CT molecular complexity index is 626. The molecule has 2 saturated heterocycles. The Morgan fingerprint density at radius 2 is 2.00 bits per heavy atom. The second-order valence-electron chi connectivity index (χ2n) is 7.49. The van der Waals surface area contributed by atoms with Crippen molar-refractivity contribution in [3.8, 4) is 0 Å². The average Bonchev–Trinajstić information content (AvgIpc) is 2.97. The summed E-state index contributed by atoms with van der Waals surface area (Å²) in [5.41, 5.74) is 2.24. The zero-order chi connectivity index (χ0) is 18.0. The molecule has 1 N–H and O–H groups in total. The molecule has 3 unspecified atom stereocenters. The minimum absolute atomic E-state index is 0.0447. The van der Waals surface area contributed by atoms with Crippen molar-refractivity contribution in [2.45, 2.75) is 58.2 Å². The van der Waals surface area contributed by atoms with Crippen LogP contribution in [-0.4, -0.2) is 52.0 Å². The molecular formula is C20H28N2O3. The maximum absolute atomic E-state index is 13.0. The van der Waals surface area contributed by atoms with E-state index in [2.05, 4.69) is 0 Å². The van der Waals surface area contributed by atoms with Crippen LogP contribution in [0.5, 0.6) is 0 Å². The highest BCUT2D eigenvalue weighted by Gasteiger charge is 2.39. The van der Waals surface area contributed by atoms with Gasteiger partial charge < -0.3 is 14.9 Å². The highest BCUT2D eigenvalue weighted by atomic mass is 16.3. The number of rotatable bonds is 4. The van der Waals surface area contributed by atoms with Crippen LogP contribution in [0.3, 0.4) is 0 Å². The number of nitrogens with zero attached hydrogens (tertiary/aromatic N) is 2. The highest BCUT2D eigenvalue weighted by Crippen LogP contribution is 2.26. The van der Waals surface area contributed by atoms with Gasteiger partial charge in [-0.2, -0.15) is 0 Å². The molecule has 5 heteroatoms. The molecule has 0 radical (unpaired) electrons. The van der Waals surface area contributed by atoms with Crippen LogP contribution in [0.25, 0.3) is 0 Å². The number of amides is 2. The van der Waals surface area contributed by atoms with Gasteiger partial charge in [0.05, 0.1) is 6.10 Å². The van der Waals surface area contributed by atoms with Gasteiger partial charge >= 0.3 is 0 Å². The number of aliphatic hydroxyl groups excluding tert-OH is 1. The van der Waals surface area contributed by atoms with Crippen molar-refractivity contribution < 1.29 is 14.7 Å². The first-order valence-electron chi connectivity index (χ1n) is 9.27. The maximum Gasteiger partial charge on any atom is 0.245 e. The van der Waals surface area contributed by atoms with Gasteiger partial charge in [0.15, 0.2) is 0 Å². The molecule has 0 spiro atoms. The van der Waals surface area contributed by atoms with Crippen molar-refractivity contribution in [3.05, 3.63) is 35.4 Å². The fourth-order valence-corrected chi connectivity index (χ4v) is 3.89. The Labute approximate surface area is 149 Å². The van der Waals surface area contributed by atoms with Crippen LogP contribution >= 0.6 is 0 Å². The van der Waals surface area contributed by atoms with Gasteiger partial charge in [0.2, 0.25) is 11.8 Å². The molecule has 25 heavy (non-hydrogen) atoms. The van der Waals surface area contributed by atoms with E-state index >= 15 is 0 Å². The van der Waals surface area contributed by atoms with Gasteiger partial charge in [0.1, 0.15) is 6.04 Å². The molecule has 2 aliphatic rings. The Kier molecular flexibility index (Phi) is 5.42. The number of carbonyl (C=O) groups excluding carboxylic acids is 2. The van der Waals surface area contributed by atoms with Gasteiger partial charge in [-0.05, 0) is 38.7 Å². The molecule has 136 valence electrons. The van der Waals surface area contributed by atoms with E-state index in [1.807, 2.05) is 36.1 Å². The minimum Gasteiger partial charge on any atom is -0.393 e. The summed E-state index contributed by atoms with van der Waals surface area (Å²) in [7, 11) is 0. The smallest absolute Gasteiger partial charge is 0.245 e. The molecule has 1 aromatic carbocycles. The number of hydrogen-bond acceptors (Lipinski definition) is 3. The molecule has 1 aromatic rings. The molecule has 2 aliphatic heterocycles. The SMILES string of the molecule is Cc1ccc(CN2C(=O)CCC2C(=O)N2CCCC(C(C)O)C2)cc1. The Morgan fingerprint density at radius 3 is 2.68 bits per heavy atom. The number of aryl methyl sites for hydroxylation is 1. The van der Waals surface area contributed by atoms with Crippen LogP contribution in [0.2, 0.25) is 0 Å². The van der Waals surface area contributed by atoms with Crippen LogP contribution in [0.15, 0.2) is 24.3 Å². The van der Waals surface area contributed by atoms with Gasteiger partial charge in [-0.25, -0.2) is 0 Å². The van der Waals surface area contributed by atoms with Gasteiger partial charge in [0, 0.05) is 32.0 Å².